The number of ether oxygens (including phenoxy) is 1. The molecule has 0 saturated carbocycles. The van der Waals surface area contributed by atoms with Gasteiger partial charge in [0.15, 0.2) is 0 Å². The van der Waals surface area contributed by atoms with Crippen LogP contribution in [-0.4, -0.2) is 10.9 Å². The smallest absolute Gasteiger partial charge is 0.230 e. The zero-order valence-electron chi connectivity index (χ0n) is 14.2. The number of aryl methyl sites for hydroxylation is 1. The molecule has 0 spiro atoms. The van der Waals surface area contributed by atoms with Crippen LogP contribution < -0.4 is 10.1 Å². The van der Waals surface area contributed by atoms with Gasteiger partial charge in [-0.1, -0.05) is 23.8 Å². The van der Waals surface area contributed by atoms with Crippen molar-refractivity contribution in [3.8, 4) is 11.8 Å². The largest absolute Gasteiger partial charge is 0.486 e. The zero-order valence-corrected chi connectivity index (χ0v) is 15.0. The number of carbonyl (C=O) groups is 1. The van der Waals surface area contributed by atoms with Crippen LogP contribution in [0.1, 0.15) is 21.8 Å². The fourth-order valence-electron chi connectivity index (χ4n) is 2.31. The highest BCUT2D eigenvalue weighted by Gasteiger charge is 2.09. The molecular weight excluding hydrogens is 346 g/mol. The number of rotatable bonds is 6. The maximum Gasteiger partial charge on any atom is 0.230 e. The van der Waals surface area contributed by atoms with Gasteiger partial charge in [0.05, 0.1) is 23.7 Å². The Morgan fingerprint density at radius 2 is 2.08 bits per heavy atom. The van der Waals surface area contributed by atoms with Gasteiger partial charge in [0.25, 0.3) is 0 Å². The summed E-state index contributed by atoms with van der Waals surface area (Å²) in [5.41, 5.74) is 2.99. The summed E-state index contributed by atoms with van der Waals surface area (Å²) in [6, 6.07) is 16.7. The van der Waals surface area contributed by atoms with Gasteiger partial charge < -0.3 is 10.1 Å². The molecule has 3 rings (SSSR count). The van der Waals surface area contributed by atoms with Crippen molar-refractivity contribution in [3.05, 3.63) is 75.7 Å². The Bertz CT molecular complexity index is 942. The van der Waals surface area contributed by atoms with E-state index < -0.39 is 0 Å². The summed E-state index contributed by atoms with van der Waals surface area (Å²) >= 11 is 1.47. The Morgan fingerprint density at radius 3 is 2.85 bits per heavy atom. The van der Waals surface area contributed by atoms with Crippen molar-refractivity contribution >= 4 is 22.9 Å². The lowest BCUT2D eigenvalue weighted by Crippen LogP contribution is -2.14. The van der Waals surface area contributed by atoms with Gasteiger partial charge in [-0.25, -0.2) is 4.98 Å². The first-order valence-corrected chi connectivity index (χ1v) is 8.93. The Morgan fingerprint density at radius 1 is 1.27 bits per heavy atom. The third kappa shape index (κ3) is 4.91. The molecule has 1 aromatic heterocycles. The highest BCUT2D eigenvalue weighted by atomic mass is 32.1. The number of carbonyl (C=O) groups excluding carboxylic acids is 1. The molecule has 1 amide bonds. The number of hydrogen-bond donors (Lipinski definition) is 1. The lowest BCUT2D eigenvalue weighted by atomic mass is 10.2. The van der Waals surface area contributed by atoms with E-state index in [1.165, 1.54) is 16.9 Å². The molecule has 0 aliphatic rings. The van der Waals surface area contributed by atoms with E-state index in [0.29, 0.717) is 23.6 Å². The van der Waals surface area contributed by atoms with Gasteiger partial charge >= 0.3 is 0 Å². The van der Waals surface area contributed by atoms with E-state index in [4.69, 9.17) is 10.00 Å². The summed E-state index contributed by atoms with van der Waals surface area (Å²) < 4.78 is 5.70. The predicted molar refractivity (Wildman–Crippen MR) is 101 cm³/mol. The molecule has 0 aliphatic heterocycles. The van der Waals surface area contributed by atoms with Crippen LogP contribution in [0.3, 0.4) is 0 Å². The summed E-state index contributed by atoms with van der Waals surface area (Å²) in [5, 5.41) is 14.4. The second kappa shape index (κ2) is 8.28. The third-order valence-corrected chi connectivity index (χ3v) is 4.47. The number of nitrogens with zero attached hydrogens (tertiary/aromatic N) is 2. The van der Waals surface area contributed by atoms with Gasteiger partial charge in [-0.05, 0) is 37.3 Å². The van der Waals surface area contributed by atoms with E-state index in [1.807, 2.05) is 42.6 Å². The Kier molecular flexibility index (Phi) is 5.62. The standard InChI is InChI=1S/C20H17N3O2S/c1-14-5-7-18(8-6-14)25-12-20-23-17(13-26-20)10-19(24)22-16-4-2-3-15(9-16)11-21/h2-9,13H,10,12H2,1H3,(H,22,24). The van der Waals surface area contributed by atoms with E-state index in [0.717, 1.165) is 10.8 Å². The fraction of sp³-hybridized carbons (Fsp3) is 0.150. The molecule has 26 heavy (non-hydrogen) atoms. The topological polar surface area (TPSA) is 75.0 Å². The summed E-state index contributed by atoms with van der Waals surface area (Å²) in [5.74, 6) is 0.624. The minimum Gasteiger partial charge on any atom is -0.486 e. The predicted octanol–water partition coefficient (Wildman–Crippen LogP) is 4.08. The van der Waals surface area contributed by atoms with Gasteiger partial charge in [0, 0.05) is 11.1 Å². The zero-order chi connectivity index (χ0) is 18.4. The summed E-state index contributed by atoms with van der Waals surface area (Å²) in [6.45, 7) is 2.40. The number of aromatic nitrogens is 1. The quantitative estimate of drug-likeness (QED) is 0.716. The second-order valence-corrected chi connectivity index (χ2v) is 6.69. The molecule has 0 radical (unpaired) electrons. The molecule has 3 aromatic rings. The Balaban J connectivity index is 1.53. The number of nitriles is 1. The molecule has 0 unspecified atom stereocenters. The molecule has 1 N–H and O–H groups in total. The van der Waals surface area contributed by atoms with Crippen LogP contribution in [0.15, 0.2) is 53.9 Å². The fourth-order valence-corrected chi connectivity index (χ4v) is 3.02. The summed E-state index contributed by atoms with van der Waals surface area (Å²) in [4.78, 5) is 16.6. The van der Waals surface area contributed by atoms with Crippen molar-refractivity contribution in [1.82, 2.24) is 4.98 Å². The molecule has 0 atom stereocenters. The minimum atomic E-state index is -0.170. The van der Waals surface area contributed by atoms with Crippen LogP contribution in [0.25, 0.3) is 0 Å². The number of nitrogens with one attached hydrogen (secondary N) is 1. The van der Waals surface area contributed by atoms with Gasteiger partial charge in [0.2, 0.25) is 5.91 Å². The van der Waals surface area contributed by atoms with Crippen LogP contribution in [0.4, 0.5) is 5.69 Å². The number of hydrogen-bond acceptors (Lipinski definition) is 5. The molecule has 130 valence electrons. The monoisotopic (exact) mass is 363 g/mol. The van der Waals surface area contributed by atoms with E-state index in [9.17, 15) is 4.79 Å². The highest BCUT2D eigenvalue weighted by molar-refractivity contribution is 7.09. The summed E-state index contributed by atoms with van der Waals surface area (Å²) in [6.07, 6.45) is 0.178. The number of thiazole rings is 1. The van der Waals surface area contributed by atoms with Crippen LogP contribution in [0.2, 0.25) is 0 Å². The minimum absolute atomic E-state index is 0.170. The average molecular weight is 363 g/mol. The van der Waals surface area contributed by atoms with Crippen molar-refractivity contribution in [2.24, 2.45) is 0 Å². The lowest BCUT2D eigenvalue weighted by Gasteiger charge is -2.04. The maximum absolute atomic E-state index is 12.1. The van der Waals surface area contributed by atoms with Crippen LogP contribution >= 0.6 is 11.3 Å². The van der Waals surface area contributed by atoms with Gasteiger partial charge in [0.1, 0.15) is 17.4 Å². The molecule has 6 heteroatoms. The average Bonchev–Trinajstić information content (AvgIpc) is 3.08. The van der Waals surface area contributed by atoms with Crippen LogP contribution in [0.5, 0.6) is 5.75 Å². The van der Waals surface area contributed by atoms with E-state index in [-0.39, 0.29) is 12.3 Å². The lowest BCUT2D eigenvalue weighted by molar-refractivity contribution is -0.115. The van der Waals surface area contributed by atoms with Crippen molar-refractivity contribution < 1.29 is 9.53 Å². The van der Waals surface area contributed by atoms with Crippen molar-refractivity contribution in [1.29, 1.82) is 5.26 Å². The number of anilines is 1. The molecule has 0 bridgehead atoms. The van der Waals surface area contributed by atoms with Crippen molar-refractivity contribution in [2.45, 2.75) is 20.0 Å². The summed E-state index contributed by atoms with van der Waals surface area (Å²) in [7, 11) is 0. The Hall–Kier alpha value is -3.17. The first-order valence-electron chi connectivity index (χ1n) is 8.05. The van der Waals surface area contributed by atoms with Crippen molar-refractivity contribution in [3.63, 3.8) is 0 Å². The SMILES string of the molecule is Cc1ccc(OCc2nc(CC(=O)Nc3cccc(C#N)c3)cs2)cc1. The van der Waals surface area contributed by atoms with E-state index in [2.05, 4.69) is 10.3 Å². The van der Waals surface area contributed by atoms with Crippen LogP contribution in [0, 0.1) is 18.3 Å². The molecule has 5 nitrogen and oxygen atoms in total. The van der Waals surface area contributed by atoms with Gasteiger partial charge in [-0.3, -0.25) is 4.79 Å². The van der Waals surface area contributed by atoms with Crippen molar-refractivity contribution in [2.75, 3.05) is 5.32 Å². The van der Waals surface area contributed by atoms with E-state index >= 15 is 0 Å². The number of benzene rings is 2. The molecule has 0 aliphatic carbocycles. The van der Waals surface area contributed by atoms with Crippen LogP contribution in [-0.2, 0) is 17.8 Å². The molecule has 1 heterocycles. The Labute approximate surface area is 155 Å². The van der Waals surface area contributed by atoms with Gasteiger partial charge in [-0.15, -0.1) is 11.3 Å². The molecule has 0 saturated heterocycles. The number of amides is 1. The normalized spacial score (nSPS) is 10.2. The highest BCUT2D eigenvalue weighted by Crippen LogP contribution is 2.17. The van der Waals surface area contributed by atoms with E-state index in [1.54, 1.807) is 24.3 Å². The third-order valence-electron chi connectivity index (χ3n) is 3.60. The first-order chi connectivity index (χ1) is 12.6. The molecule has 0 fully saturated rings. The maximum atomic E-state index is 12.1. The molecule has 2 aromatic carbocycles. The first kappa shape index (κ1) is 17.6. The van der Waals surface area contributed by atoms with Gasteiger partial charge in [-0.2, -0.15) is 5.26 Å². The second-order valence-electron chi connectivity index (χ2n) is 5.75. The molecular formula is C20H17N3O2S.